The minimum atomic E-state index is -0.0995. The normalized spacial score (nSPS) is 10.9. The number of carbonyl (C=O) groups excluding carboxylic acids is 2. The van der Waals surface area contributed by atoms with Gasteiger partial charge in [-0.15, -0.1) is 23.5 Å². The zero-order valence-corrected chi connectivity index (χ0v) is 28.7. The number of hydrogen-bond acceptors (Lipinski definition) is 5. The second-order valence-corrected chi connectivity index (χ2v) is 13.5. The van der Waals surface area contributed by atoms with E-state index in [0.717, 1.165) is 46.3 Å². The highest BCUT2D eigenvalue weighted by atomic mass is 32.2. The summed E-state index contributed by atoms with van der Waals surface area (Å²) in [6.07, 6.45) is 2.63. The lowest BCUT2D eigenvalue weighted by atomic mass is 10.0. The molecule has 0 bridgehead atoms. The van der Waals surface area contributed by atoms with Crippen molar-refractivity contribution in [3.05, 3.63) is 162 Å². The molecule has 246 valence electrons. The maximum absolute atomic E-state index is 13.5. The van der Waals surface area contributed by atoms with Crippen molar-refractivity contribution in [2.24, 2.45) is 5.92 Å². The van der Waals surface area contributed by atoms with Gasteiger partial charge in [-0.2, -0.15) is 0 Å². The van der Waals surface area contributed by atoms with E-state index in [1.807, 2.05) is 115 Å². The average molecular weight is 675 g/mol. The van der Waals surface area contributed by atoms with Gasteiger partial charge in [0.1, 0.15) is 5.75 Å². The summed E-state index contributed by atoms with van der Waals surface area (Å²) in [6, 6.07) is 45.8. The number of carbonyl (C=O) groups is 2. The number of benzene rings is 5. The Hall–Kier alpha value is -4.46. The van der Waals surface area contributed by atoms with Crippen molar-refractivity contribution >= 4 is 35.3 Å². The lowest BCUT2D eigenvalue weighted by molar-refractivity contribution is 0.0934. The van der Waals surface area contributed by atoms with E-state index in [-0.39, 0.29) is 17.7 Å². The average Bonchev–Trinajstić information content (AvgIpc) is 3.15. The fourth-order valence-corrected chi connectivity index (χ4v) is 7.22. The summed E-state index contributed by atoms with van der Waals surface area (Å²) in [5.41, 5.74) is 3.76. The zero-order chi connectivity index (χ0) is 33.2. The van der Waals surface area contributed by atoms with E-state index in [1.54, 1.807) is 23.5 Å². The summed E-state index contributed by atoms with van der Waals surface area (Å²) in [5, 5.41) is 6.36. The van der Waals surface area contributed by atoms with Gasteiger partial charge in [0, 0.05) is 34.4 Å². The third kappa shape index (κ3) is 11.4. The number of amides is 2. The van der Waals surface area contributed by atoms with Gasteiger partial charge >= 0.3 is 0 Å². The van der Waals surface area contributed by atoms with Crippen LogP contribution in [0.2, 0.25) is 0 Å². The molecule has 0 radical (unpaired) electrons. The van der Waals surface area contributed by atoms with Gasteiger partial charge in [-0.1, -0.05) is 103 Å². The Morgan fingerprint density at radius 2 is 0.979 bits per heavy atom. The van der Waals surface area contributed by atoms with Gasteiger partial charge in [0.2, 0.25) is 0 Å². The molecular formula is C41H42N2O3S2. The molecule has 48 heavy (non-hydrogen) atoms. The van der Waals surface area contributed by atoms with Gasteiger partial charge in [-0.05, 0) is 72.7 Å². The molecule has 0 unspecified atom stereocenters. The molecule has 0 saturated heterocycles. The van der Waals surface area contributed by atoms with E-state index in [1.165, 1.54) is 11.1 Å². The van der Waals surface area contributed by atoms with E-state index < -0.39 is 0 Å². The van der Waals surface area contributed by atoms with Crippen molar-refractivity contribution in [3.63, 3.8) is 0 Å². The highest BCUT2D eigenvalue weighted by Crippen LogP contribution is 2.28. The number of nitrogens with one attached hydrogen (secondary N) is 2. The molecule has 0 aliphatic rings. The van der Waals surface area contributed by atoms with Crippen LogP contribution in [0.3, 0.4) is 0 Å². The van der Waals surface area contributed by atoms with Crippen LogP contribution in [0.5, 0.6) is 5.75 Å². The van der Waals surface area contributed by atoms with Crippen LogP contribution in [-0.2, 0) is 11.5 Å². The van der Waals surface area contributed by atoms with Crippen molar-refractivity contribution < 1.29 is 14.3 Å². The van der Waals surface area contributed by atoms with Gasteiger partial charge in [-0.25, -0.2) is 0 Å². The maximum Gasteiger partial charge on any atom is 0.252 e. The SMILES string of the molecule is O=C(NCC(CCCCOc1ccccc1)CNC(=O)c1ccccc1SCc1ccccc1)c1ccccc1SCc1ccccc1. The van der Waals surface area contributed by atoms with Gasteiger partial charge < -0.3 is 15.4 Å². The first-order valence-corrected chi connectivity index (χ1v) is 18.4. The van der Waals surface area contributed by atoms with Crippen LogP contribution >= 0.6 is 23.5 Å². The molecule has 5 aromatic carbocycles. The van der Waals surface area contributed by atoms with Crippen LogP contribution in [0.4, 0.5) is 0 Å². The molecule has 0 atom stereocenters. The first kappa shape index (κ1) is 34.9. The molecular weight excluding hydrogens is 633 g/mol. The van der Waals surface area contributed by atoms with Crippen LogP contribution in [-0.4, -0.2) is 31.5 Å². The molecule has 2 N–H and O–H groups in total. The van der Waals surface area contributed by atoms with Crippen LogP contribution in [0.15, 0.2) is 149 Å². The molecule has 0 aromatic heterocycles. The van der Waals surface area contributed by atoms with Crippen molar-refractivity contribution in [1.29, 1.82) is 0 Å². The largest absolute Gasteiger partial charge is 0.494 e. The van der Waals surface area contributed by atoms with E-state index in [4.69, 9.17) is 4.74 Å². The quantitative estimate of drug-likeness (QED) is 0.0717. The molecule has 0 aliphatic carbocycles. The lowest BCUT2D eigenvalue weighted by Crippen LogP contribution is -2.37. The van der Waals surface area contributed by atoms with Crippen LogP contribution in [0, 0.1) is 5.92 Å². The second-order valence-electron chi connectivity index (χ2n) is 11.5. The van der Waals surface area contributed by atoms with Gasteiger partial charge in [0.15, 0.2) is 0 Å². The summed E-state index contributed by atoms with van der Waals surface area (Å²) >= 11 is 3.32. The molecule has 0 heterocycles. The molecule has 2 amide bonds. The van der Waals surface area contributed by atoms with Gasteiger partial charge in [0.25, 0.3) is 11.8 Å². The molecule has 5 nitrogen and oxygen atoms in total. The molecule has 0 aliphatic heterocycles. The third-order valence-corrected chi connectivity index (χ3v) is 10.1. The molecule has 5 aromatic rings. The van der Waals surface area contributed by atoms with E-state index >= 15 is 0 Å². The molecule has 5 rings (SSSR count). The monoisotopic (exact) mass is 674 g/mol. The van der Waals surface area contributed by atoms with Crippen LogP contribution in [0.1, 0.15) is 51.1 Å². The Balaban J connectivity index is 1.18. The predicted molar refractivity (Wildman–Crippen MR) is 199 cm³/mol. The summed E-state index contributed by atoms with van der Waals surface area (Å²) < 4.78 is 5.89. The number of hydrogen-bond donors (Lipinski definition) is 2. The topological polar surface area (TPSA) is 67.4 Å². The Morgan fingerprint density at radius 1 is 0.542 bits per heavy atom. The summed E-state index contributed by atoms with van der Waals surface area (Å²) in [5.74, 6) is 2.30. The Labute approximate surface area is 292 Å². The molecule has 0 saturated carbocycles. The second kappa shape index (κ2) is 19.4. The number of ether oxygens (including phenoxy) is 1. The molecule has 0 fully saturated rings. The minimum Gasteiger partial charge on any atom is -0.494 e. The van der Waals surface area contributed by atoms with Crippen molar-refractivity contribution in [3.8, 4) is 5.75 Å². The number of rotatable bonds is 18. The summed E-state index contributed by atoms with van der Waals surface area (Å²) in [6.45, 7) is 1.54. The Morgan fingerprint density at radius 3 is 1.48 bits per heavy atom. The smallest absolute Gasteiger partial charge is 0.252 e. The Kier molecular flexibility index (Phi) is 14.1. The number of thioether (sulfide) groups is 2. The van der Waals surface area contributed by atoms with Gasteiger partial charge in [-0.3, -0.25) is 9.59 Å². The molecule has 0 spiro atoms. The van der Waals surface area contributed by atoms with Crippen molar-refractivity contribution in [2.45, 2.75) is 40.6 Å². The number of unbranched alkanes of at least 4 members (excludes halogenated alkanes) is 1. The summed E-state index contributed by atoms with van der Waals surface area (Å²) in [4.78, 5) is 28.8. The highest BCUT2D eigenvalue weighted by molar-refractivity contribution is 7.98. The van der Waals surface area contributed by atoms with Gasteiger partial charge in [0.05, 0.1) is 17.7 Å². The van der Waals surface area contributed by atoms with E-state index in [2.05, 4.69) is 34.9 Å². The number of para-hydroxylation sites is 1. The Bertz CT molecular complexity index is 1600. The zero-order valence-electron chi connectivity index (χ0n) is 27.1. The predicted octanol–water partition coefficient (Wildman–Crippen LogP) is 9.30. The fraction of sp³-hybridized carbons (Fsp3) is 0.220. The van der Waals surface area contributed by atoms with Crippen molar-refractivity contribution in [1.82, 2.24) is 10.6 Å². The maximum atomic E-state index is 13.5. The first-order valence-electron chi connectivity index (χ1n) is 16.4. The van der Waals surface area contributed by atoms with E-state index in [0.29, 0.717) is 30.8 Å². The van der Waals surface area contributed by atoms with E-state index in [9.17, 15) is 9.59 Å². The molecule has 7 heteroatoms. The highest BCUT2D eigenvalue weighted by Gasteiger charge is 2.18. The standard InChI is InChI=1S/C41H42N2O3S2/c44-40(36-23-10-12-25-38(36)47-30-32-16-4-1-5-17-32)42-28-34(20-14-15-27-46-35-21-8-3-9-22-35)29-43-41(45)37-24-11-13-26-39(37)48-31-33-18-6-2-7-19-33/h1-13,16-19,21-26,34H,14-15,20,27-31H2,(H,42,44)(H,43,45). The minimum absolute atomic E-state index is 0.0582. The first-order chi connectivity index (χ1) is 23.7. The van der Waals surface area contributed by atoms with Crippen molar-refractivity contribution in [2.75, 3.05) is 19.7 Å². The lowest BCUT2D eigenvalue weighted by Gasteiger charge is -2.20. The summed E-state index contributed by atoms with van der Waals surface area (Å²) in [7, 11) is 0. The fourth-order valence-electron chi connectivity index (χ4n) is 5.21. The third-order valence-electron chi connectivity index (χ3n) is 7.86. The van der Waals surface area contributed by atoms with Crippen LogP contribution in [0.25, 0.3) is 0 Å². The van der Waals surface area contributed by atoms with Crippen LogP contribution < -0.4 is 15.4 Å².